The number of rotatable bonds is 4. The van der Waals surface area contributed by atoms with Crippen LogP contribution in [0.2, 0.25) is 0 Å². The van der Waals surface area contributed by atoms with E-state index in [4.69, 9.17) is 0 Å². The quantitative estimate of drug-likeness (QED) is 0.795. The Morgan fingerprint density at radius 1 is 1.21 bits per heavy atom. The number of nitrogens with one attached hydrogen (secondary N) is 1. The Bertz CT molecular complexity index is 807. The average Bonchev–Trinajstić information content (AvgIpc) is 3.27. The van der Waals surface area contributed by atoms with E-state index in [9.17, 15) is 4.79 Å². The number of hydrogen-bond acceptors (Lipinski definition) is 2. The molecule has 4 nitrogen and oxygen atoms in total. The van der Waals surface area contributed by atoms with Gasteiger partial charge in [-0.05, 0) is 55.5 Å². The van der Waals surface area contributed by atoms with Crippen molar-refractivity contribution in [1.29, 1.82) is 0 Å². The van der Waals surface area contributed by atoms with E-state index in [1.165, 1.54) is 5.56 Å². The van der Waals surface area contributed by atoms with Gasteiger partial charge in [0.25, 0.3) is 5.91 Å². The Morgan fingerprint density at radius 2 is 2.04 bits per heavy atom. The molecule has 3 heterocycles. The van der Waals surface area contributed by atoms with Crippen molar-refractivity contribution >= 4 is 16.8 Å². The predicted octanol–water partition coefficient (Wildman–Crippen LogP) is 3.80. The van der Waals surface area contributed by atoms with Gasteiger partial charge in [-0.2, -0.15) is 0 Å². The number of para-hydroxylation sites is 1. The van der Waals surface area contributed by atoms with Gasteiger partial charge in [-0.15, -0.1) is 0 Å². The number of hydrogen-bond donors (Lipinski definition) is 1. The number of aryl methyl sites for hydroxylation is 1. The first-order chi connectivity index (χ1) is 11.8. The minimum Gasteiger partial charge on any atom is -0.351 e. The van der Waals surface area contributed by atoms with Crippen molar-refractivity contribution in [2.24, 2.45) is 0 Å². The predicted molar refractivity (Wildman–Crippen MR) is 94.9 cm³/mol. The topological polar surface area (TPSA) is 49.0 Å². The van der Waals surface area contributed by atoms with Crippen LogP contribution in [-0.2, 0) is 6.42 Å². The lowest BCUT2D eigenvalue weighted by Gasteiger charge is -2.24. The number of fused-ring (bicyclic) bond motifs is 1. The molecule has 1 aromatic carbocycles. The van der Waals surface area contributed by atoms with Crippen LogP contribution in [0.1, 0.15) is 35.3 Å². The Labute approximate surface area is 141 Å². The third-order valence-electron chi connectivity index (χ3n) is 4.91. The van der Waals surface area contributed by atoms with Gasteiger partial charge in [0.05, 0.1) is 0 Å². The molecule has 122 valence electrons. The highest BCUT2D eigenvalue weighted by Crippen LogP contribution is 2.25. The maximum absolute atomic E-state index is 12.9. The van der Waals surface area contributed by atoms with Crippen molar-refractivity contribution in [1.82, 2.24) is 14.9 Å². The summed E-state index contributed by atoms with van der Waals surface area (Å²) in [5.74, 6) is 0.128. The van der Waals surface area contributed by atoms with Gasteiger partial charge in [0, 0.05) is 35.9 Å². The Hall–Kier alpha value is -2.62. The van der Waals surface area contributed by atoms with Gasteiger partial charge in [-0.1, -0.05) is 18.2 Å². The zero-order valence-corrected chi connectivity index (χ0v) is 13.6. The third-order valence-corrected chi connectivity index (χ3v) is 4.91. The molecule has 1 amide bonds. The minimum atomic E-state index is 0.128. The van der Waals surface area contributed by atoms with Gasteiger partial charge in [0.1, 0.15) is 5.69 Å². The second-order valence-electron chi connectivity index (χ2n) is 6.46. The molecule has 2 aromatic heterocycles. The van der Waals surface area contributed by atoms with Gasteiger partial charge >= 0.3 is 0 Å². The number of pyridine rings is 1. The summed E-state index contributed by atoms with van der Waals surface area (Å²) >= 11 is 0. The van der Waals surface area contributed by atoms with Crippen LogP contribution in [0, 0.1) is 0 Å². The molecule has 1 atom stereocenters. The van der Waals surface area contributed by atoms with Crippen LogP contribution in [0.5, 0.6) is 0 Å². The smallest absolute Gasteiger partial charge is 0.270 e. The third kappa shape index (κ3) is 2.92. The van der Waals surface area contributed by atoms with E-state index in [-0.39, 0.29) is 5.91 Å². The molecular weight excluding hydrogens is 298 g/mol. The van der Waals surface area contributed by atoms with Crippen molar-refractivity contribution in [3.63, 3.8) is 0 Å². The molecule has 1 aliphatic heterocycles. The number of nitrogens with zero attached hydrogens (tertiary/aromatic N) is 2. The molecule has 4 rings (SSSR count). The van der Waals surface area contributed by atoms with Crippen LogP contribution >= 0.6 is 0 Å². The van der Waals surface area contributed by atoms with Gasteiger partial charge in [0.15, 0.2) is 0 Å². The molecule has 1 saturated heterocycles. The lowest BCUT2D eigenvalue weighted by Crippen LogP contribution is -2.36. The summed E-state index contributed by atoms with van der Waals surface area (Å²) in [4.78, 5) is 22.3. The van der Waals surface area contributed by atoms with Crippen LogP contribution in [0.4, 0.5) is 0 Å². The molecule has 0 bridgehead atoms. The largest absolute Gasteiger partial charge is 0.351 e. The molecule has 1 fully saturated rings. The highest BCUT2D eigenvalue weighted by atomic mass is 16.2. The molecule has 24 heavy (non-hydrogen) atoms. The second kappa shape index (κ2) is 6.48. The fraction of sp³-hybridized carbons (Fsp3) is 0.300. The van der Waals surface area contributed by atoms with Gasteiger partial charge in [-0.25, -0.2) is 0 Å². The first-order valence-corrected chi connectivity index (χ1v) is 8.59. The van der Waals surface area contributed by atoms with E-state index in [2.05, 4.69) is 22.1 Å². The van der Waals surface area contributed by atoms with E-state index in [0.29, 0.717) is 11.7 Å². The van der Waals surface area contributed by atoms with E-state index >= 15 is 0 Å². The Kier molecular flexibility index (Phi) is 4.03. The number of carbonyl (C=O) groups excluding carboxylic acids is 1. The first-order valence-electron chi connectivity index (χ1n) is 8.59. The molecule has 3 aromatic rings. The zero-order chi connectivity index (χ0) is 16.4. The maximum atomic E-state index is 12.9. The van der Waals surface area contributed by atoms with Crippen LogP contribution < -0.4 is 0 Å². The summed E-state index contributed by atoms with van der Waals surface area (Å²) in [5, 5.41) is 1.09. The first kappa shape index (κ1) is 14.9. The summed E-state index contributed by atoms with van der Waals surface area (Å²) in [5.41, 5.74) is 3.01. The van der Waals surface area contributed by atoms with E-state index in [1.54, 1.807) is 0 Å². The van der Waals surface area contributed by atoms with Gasteiger partial charge in [0.2, 0.25) is 0 Å². The molecule has 0 saturated carbocycles. The van der Waals surface area contributed by atoms with Crippen molar-refractivity contribution in [2.45, 2.75) is 31.7 Å². The standard InChI is InChI=1S/C20H21N3O/c24-20(19-14-16-4-1-2-6-18(16)22-19)23-13-3-5-17(23)8-7-15-9-11-21-12-10-15/h1-2,4,6,9-12,14,17,22H,3,5,7-8,13H2. The molecule has 1 aliphatic rings. The number of carbonyl (C=O) groups is 1. The summed E-state index contributed by atoms with van der Waals surface area (Å²) in [6, 6.07) is 14.4. The van der Waals surface area contributed by atoms with E-state index in [0.717, 1.165) is 43.1 Å². The average molecular weight is 319 g/mol. The highest BCUT2D eigenvalue weighted by molar-refractivity contribution is 5.98. The number of aromatic nitrogens is 2. The monoisotopic (exact) mass is 319 g/mol. The van der Waals surface area contributed by atoms with Crippen LogP contribution in [-0.4, -0.2) is 33.4 Å². The molecule has 0 aliphatic carbocycles. The van der Waals surface area contributed by atoms with E-state index in [1.807, 2.05) is 47.6 Å². The number of aromatic amines is 1. The Morgan fingerprint density at radius 3 is 2.88 bits per heavy atom. The molecule has 1 unspecified atom stereocenters. The number of benzene rings is 1. The van der Waals surface area contributed by atoms with Crippen molar-refractivity contribution < 1.29 is 4.79 Å². The molecular formula is C20H21N3O. The summed E-state index contributed by atoms with van der Waals surface area (Å²) in [6.07, 6.45) is 7.85. The summed E-state index contributed by atoms with van der Waals surface area (Å²) in [7, 11) is 0. The van der Waals surface area contributed by atoms with Crippen molar-refractivity contribution in [3.8, 4) is 0 Å². The number of likely N-dealkylation sites (tertiary alicyclic amines) is 1. The fourth-order valence-corrected chi connectivity index (χ4v) is 3.63. The summed E-state index contributed by atoms with van der Waals surface area (Å²) < 4.78 is 0. The molecule has 0 radical (unpaired) electrons. The second-order valence-corrected chi connectivity index (χ2v) is 6.46. The number of amides is 1. The molecule has 1 N–H and O–H groups in total. The molecule has 0 spiro atoms. The summed E-state index contributed by atoms with van der Waals surface area (Å²) in [6.45, 7) is 0.856. The van der Waals surface area contributed by atoms with Crippen LogP contribution in [0.15, 0.2) is 54.9 Å². The minimum absolute atomic E-state index is 0.128. The van der Waals surface area contributed by atoms with Crippen LogP contribution in [0.25, 0.3) is 10.9 Å². The Balaban J connectivity index is 1.48. The SMILES string of the molecule is O=C(c1cc2ccccc2[nH]1)N1CCCC1CCc1ccncc1. The zero-order valence-electron chi connectivity index (χ0n) is 13.6. The normalized spacial score (nSPS) is 17.5. The van der Waals surface area contributed by atoms with E-state index < -0.39 is 0 Å². The van der Waals surface area contributed by atoms with Gasteiger partial charge in [-0.3, -0.25) is 9.78 Å². The fourth-order valence-electron chi connectivity index (χ4n) is 3.63. The lowest BCUT2D eigenvalue weighted by molar-refractivity contribution is 0.0725. The maximum Gasteiger partial charge on any atom is 0.270 e. The van der Waals surface area contributed by atoms with Crippen molar-refractivity contribution in [2.75, 3.05) is 6.54 Å². The van der Waals surface area contributed by atoms with Crippen molar-refractivity contribution in [3.05, 3.63) is 66.1 Å². The van der Waals surface area contributed by atoms with Gasteiger partial charge < -0.3 is 9.88 Å². The van der Waals surface area contributed by atoms with Crippen LogP contribution in [0.3, 0.4) is 0 Å². The lowest BCUT2D eigenvalue weighted by atomic mass is 10.0. The highest BCUT2D eigenvalue weighted by Gasteiger charge is 2.29. The molecule has 4 heteroatoms. The number of H-pyrrole nitrogens is 1.